The van der Waals surface area contributed by atoms with Crippen molar-refractivity contribution in [3.05, 3.63) is 29.8 Å². The molecule has 0 unspecified atom stereocenters. The van der Waals surface area contributed by atoms with Gasteiger partial charge in [0, 0.05) is 76.2 Å². The fourth-order valence-electron chi connectivity index (χ4n) is 5.28. The monoisotopic (exact) mass is 455 g/mol. The molecule has 1 aliphatic carbocycles. The third kappa shape index (κ3) is 6.48. The van der Waals surface area contributed by atoms with E-state index in [1.807, 2.05) is 24.3 Å². The Morgan fingerprint density at radius 3 is 2.15 bits per heavy atom. The van der Waals surface area contributed by atoms with Gasteiger partial charge in [0.05, 0.1) is 6.54 Å². The number of hydrogen-bond acceptors (Lipinski definition) is 5. The normalized spacial score (nSPS) is 21.1. The van der Waals surface area contributed by atoms with Crippen LogP contribution in [-0.4, -0.2) is 98.0 Å². The predicted molar refractivity (Wildman–Crippen MR) is 133 cm³/mol. The SMILES string of the molecule is CC(C)CNC(=O)c1ccc(N2CCN(CC(=O)N3CCN(C4CCCC4)CC3)CC2)cc1. The first-order valence-electron chi connectivity index (χ1n) is 12.9. The number of nitrogens with zero attached hydrogens (tertiary/aromatic N) is 4. The predicted octanol–water partition coefficient (Wildman–Crippen LogP) is 2.28. The molecule has 0 atom stereocenters. The summed E-state index contributed by atoms with van der Waals surface area (Å²) in [6.45, 7) is 12.8. The molecule has 182 valence electrons. The quantitative estimate of drug-likeness (QED) is 0.684. The van der Waals surface area contributed by atoms with Crippen LogP contribution in [0.2, 0.25) is 0 Å². The summed E-state index contributed by atoms with van der Waals surface area (Å²) in [6, 6.07) is 8.65. The van der Waals surface area contributed by atoms with Gasteiger partial charge in [-0.1, -0.05) is 26.7 Å². The largest absolute Gasteiger partial charge is 0.369 e. The van der Waals surface area contributed by atoms with Crippen LogP contribution in [0.1, 0.15) is 49.9 Å². The summed E-state index contributed by atoms with van der Waals surface area (Å²) in [5.41, 5.74) is 1.85. The molecule has 3 fully saturated rings. The van der Waals surface area contributed by atoms with Gasteiger partial charge >= 0.3 is 0 Å². The molecule has 3 aliphatic rings. The zero-order chi connectivity index (χ0) is 23.2. The van der Waals surface area contributed by atoms with Crippen LogP contribution in [0.3, 0.4) is 0 Å². The average Bonchev–Trinajstić information content (AvgIpc) is 3.38. The van der Waals surface area contributed by atoms with E-state index in [1.165, 1.54) is 25.7 Å². The van der Waals surface area contributed by atoms with Gasteiger partial charge in [-0.05, 0) is 43.0 Å². The number of carbonyl (C=O) groups excluding carboxylic acids is 2. The Morgan fingerprint density at radius 2 is 1.55 bits per heavy atom. The molecule has 1 aromatic rings. The van der Waals surface area contributed by atoms with Gasteiger partial charge in [0.2, 0.25) is 5.91 Å². The Bertz CT molecular complexity index is 774. The van der Waals surface area contributed by atoms with Crippen LogP contribution in [-0.2, 0) is 4.79 Å². The summed E-state index contributed by atoms with van der Waals surface area (Å²) in [6.07, 6.45) is 5.42. The lowest BCUT2D eigenvalue weighted by Crippen LogP contribution is -2.55. The van der Waals surface area contributed by atoms with Crippen molar-refractivity contribution in [1.29, 1.82) is 0 Å². The van der Waals surface area contributed by atoms with Crippen LogP contribution >= 0.6 is 0 Å². The first-order chi connectivity index (χ1) is 16.0. The van der Waals surface area contributed by atoms with E-state index < -0.39 is 0 Å². The molecule has 2 heterocycles. The molecular weight excluding hydrogens is 414 g/mol. The third-order valence-electron chi connectivity index (χ3n) is 7.40. The molecule has 0 spiro atoms. The molecule has 1 aromatic carbocycles. The Kier molecular flexibility index (Phi) is 8.25. The summed E-state index contributed by atoms with van der Waals surface area (Å²) < 4.78 is 0. The smallest absolute Gasteiger partial charge is 0.251 e. The number of carbonyl (C=O) groups is 2. The molecular formula is C26H41N5O2. The fourth-order valence-corrected chi connectivity index (χ4v) is 5.28. The molecule has 33 heavy (non-hydrogen) atoms. The molecule has 7 nitrogen and oxygen atoms in total. The molecule has 0 aromatic heterocycles. The van der Waals surface area contributed by atoms with Gasteiger partial charge in [0.15, 0.2) is 0 Å². The second-order valence-electron chi connectivity index (χ2n) is 10.3. The first-order valence-corrected chi connectivity index (χ1v) is 12.9. The van der Waals surface area contributed by atoms with Gasteiger partial charge < -0.3 is 15.1 Å². The van der Waals surface area contributed by atoms with Gasteiger partial charge in [-0.25, -0.2) is 0 Å². The minimum atomic E-state index is -0.0114. The lowest BCUT2D eigenvalue weighted by molar-refractivity contribution is -0.134. The third-order valence-corrected chi connectivity index (χ3v) is 7.40. The van der Waals surface area contributed by atoms with Crippen LogP contribution in [0.25, 0.3) is 0 Å². The average molecular weight is 456 g/mol. The Balaban J connectivity index is 1.18. The van der Waals surface area contributed by atoms with Crippen molar-refractivity contribution in [1.82, 2.24) is 20.0 Å². The van der Waals surface area contributed by atoms with Crippen molar-refractivity contribution >= 4 is 17.5 Å². The van der Waals surface area contributed by atoms with Crippen LogP contribution in [0.4, 0.5) is 5.69 Å². The minimum Gasteiger partial charge on any atom is -0.369 e. The second kappa shape index (κ2) is 11.3. The zero-order valence-corrected chi connectivity index (χ0v) is 20.5. The second-order valence-corrected chi connectivity index (χ2v) is 10.3. The number of nitrogens with one attached hydrogen (secondary N) is 1. The van der Waals surface area contributed by atoms with Crippen LogP contribution in [0.15, 0.2) is 24.3 Å². The highest BCUT2D eigenvalue weighted by atomic mass is 16.2. The number of amides is 2. The maximum absolute atomic E-state index is 12.9. The topological polar surface area (TPSA) is 59.1 Å². The molecule has 2 aliphatic heterocycles. The number of benzene rings is 1. The van der Waals surface area contributed by atoms with Crippen molar-refractivity contribution < 1.29 is 9.59 Å². The van der Waals surface area contributed by atoms with Crippen molar-refractivity contribution in [2.75, 3.05) is 70.3 Å². The number of piperazine rings is 2. The number of hydrogen-bond donors (Lipinski definition) is 1. The van der Waals surface area contributed by atoms with Crippen molar-refractivity contribution in [2.45, 2.75) is 45.6 Å². The zero-order valence-electron chi connectivity index (χ0n) is 20.5. The van der Waals surface area contributed by atoms with Gasteiger partial charge in [-0.2, -0.15) is 0 Å². The van der Waals surface area contributed by atoms with E-state index in [0.29, 0.717) is 24.6 Å². The van der Waals surface area contributed by atoms with E-state index >= 15 is 0 Å². The van der Waals surface area contributed by atoms with E-state index in [-0.39, 0.29) is 11.8 Å². The Hall–Kier alpha value is -2.12. The lowest BCUT2D eigenvalue weighted by atomic mass is 10.1. The highest BCUT2D eigenvalue weighted by Gasteiger charge is 2.29. The summed E-state index contributed by atoms with van der Waals surface area (Å²) >= 11 is 0. The molecule has 1 N–H and O–H groups in total. The van der Waals surface area contributed by atoms with E-state index in [0.717, 1.165) is 64.1 Å². The highest BCUT2D eigenvalue weighted by Crippen LogP contribution is 2.24. The molecule has 1 saturated carbocycles. The molecule has 4 rings (SSSR count). The van der Waals surface area contributed by atoms with Gasteiger partial charge in [0.25, 0.3) is 5.91 Å². The summed E-state index contributed by atoms with van der Waals surface area (Å²) in [5.74, 6) is 0.715. The first kappa shape index (κ1) is 24.0. The van der Waals surface area contributed by atoms with Gasteiger partial charge in [-0.3, -0.25) is 19.4 Å². The molecule has 2 amide bonds. The van der Waals surface area contributed by atoms with Crippen molar-refractivity contribution in [3.8, 4) is 0 Å². The van der Waals surface area contributed by atoms with E-state index in [2.05, 4.69) is 38.8 Å². The molecule has 7 heteroatoms. The van der Waals surface area contributed by atoms with Crippen molar-refractivity contribution in [2.24, 2.45) is 5.92 Å². The number of anilines is 1. The van der Waals surface area contributed by atoms with Crippen LogP contribution in [0, 0.1) is 5.92 Å². The van der Waals surface area contributed by atoms with E-state index in [1.54, 1.807) is 0 Å². The van der Waals surface area contributed by atoms with Gasteiger partial charge in [-0.15, -0.1) is 0 Å². The van der Waals surface area contributed by atoms with E-state index in [4.69, 9.17) is 0 Å². The van der Waals surface area contributed by atoms with Crippen molar-refractivity contribution in [3.63, 3.8) is 0 Å². The Labute approximate surface area is 199 Å². The maximum atomic E-state index is 12.9. The van der Waals surface area contributed by atoms with E-state index in [9.17, 15) is 9.59 Å². The fraction of sp³-hybridized carbons (Fsp3) is 0.692. The van der Waals surface area contributed by atoms with Gasteiger partial charge in [0.1, 0.15) is 0 Å². The standard InChI is InChI=1S/C26H41N5O2/c1-21(2)19-27-26(33)22-7-9-24(10-8-22)29-13-11-28(12-14-29)20-25(32)31-17-15-30(16-18-31)23-5-3-4-6-23/h7-10,21,23H,3-6,11-20H2,1-2H3,(H,27,33). The summed E-state index contributed by atoms with van der Waals surface area (Å²) in [7, 11) is 0. The Morgan fingerprint density at radius 1 is 0.909 bits per heavy atom. The minimum absolute atomic E-state index is 0.0114. The lowest BCUT2D eigenvalue weighted by Gasteiger charge is -2.40. The maximum Gasteiger partial charge on any atom is 0.251 e. The molecule has 0 bridgehead atoms. The summed E-state index contributed by atoms with van der Waals surface area (Å²) in [5, 5.41) is 2.97. The number of rotatable bonds is 7. The molecule has 2 saturated heterocycles. The molecule has 0 radical (unpaired) electrons. The highest BCUT2D eigenvalue weighted by molar-refractivity contribution is 5.94. The van der Waals surface area contributed by atoms with Crippen LogP contribution in [0.5, 0.6) is 0 Å². The van der Waals surface area contributed by atoms with Crippen LogP contribution < -0.4 is 10.2 Å². The summed E-state index contributed by atoms with van der Waals surface area (Å²) in [4.78, 5) is 34.4.